The van der Waals surface area contributed by atoms with Crippen LogP contribution < -0.4 is 11.5 Å². The zero-order chi connectivity index (χ0) is 20.9. The van der Waals surface area contributed by atoms with Crippen LogP contribution in [0.2, 0.25) is 0 Å². The number of nitrogens with zero attached hydrogens (tertiary/aromatic N) is 1. The van der Waals surface area contributed by atoms with Gasteiger partial charge in [0, 0.05) is 6.04 Å². The van der Waals surface area contributed by atoms with Crippen LogP contribution in [0.5, 0.6) is 0 Å². The highest BCUT2D eigenvalue weighted by molar-refractivity contribution is 5.91. The Balaban J connectivity index is 2.14. The van der Waals surface area contributed by atoms with Crippen molar-refractivity contribution in [3.05, 3.63) is 35.4 Å². The number of aryl methyl sites for hydroxylation is 1. The van der Waals surface area contributed by atoms with Crippen LogP contribution in [0.3, 0.4) is 0 Å². The van der Waals surface area contributed by atoms with Gasteiger partial charge in [0.1, 0.15) is 11.6 Å². The van der Waals surface area contributed by atoms with E-state index in [1.807, 2.05) is 12.1 Å². The second kappa shape index (κ2) is 6.77. The molecule has 1 aromatic carbocycles. The van der Waals surface area contributed by atoms with Gasteiger partial charge in [0.2, 0.25) is 5.91 Å². The molecule has 8 nitrogen and oxygen atoms in total. The lowest BCUT2D eigenvalue weighted by Crippen LogP contribution is -2.62. The third-order valence-corrected chi connectivity index (χ3v) is 5.66. The van der Waals surface area contributed by atoms with Crippen molar-refractivity contribution in [3.63, 3.8) is 0 Å². The van der Waals surface area contributed by atoms with Crippen molar-refractivity contribution in [1.29, 1.82) is 0 Å². The summed E-state index contributed by atoms with van der Waals surface area (Å²) < 4.78 is 5.47. The number of aliphatic carboxylic acids is 1. The fourth-order valence-electron chi connectivity index (χ4n) is 4.63. The Labute approximate surface area is 163 Å². The van der Waals surface area contributed by atoms with E-state index in [9.17, 15) is 19.5 Å². The molecule has 0 bridgehead atoms. The molecule has 3 rings (SSSR count). The molecule has 0 radical (unpaired) electrons. The summed E-state index contributed by atoms with van der Waals surface area (Å²) in [6.45, 7) is 5.08. The average Bonchev–Trinajstić information content (AvgIpc) is 3.12. The number of fused-ring (bicyclic) bond motifs is 1. The number of benzene rings is 1. The fourth-order valence-corrected chi connectivity index (χ4v) is 4.63. The summed E-state index contributed by atoms with van der Waals surface area (Å²) in [6.07, 6.45) is 0.188. The number of amides is 2. The van der Waals surface area contributed by atoms with Gasteiger partial charge in [0.15, 0.2) is 0 Å². The maximum atomic E-state index is 13.0. The standard InChI is InChI=1S/C20H27N3O5/c1-19(2,3)28-18(27)23-14(16(24)25)10-13(21)15(23)20(17(22)26)9-8-11-6-4-5-7-12(11)20/h4-7,13-15H,8-10,21H2,1-3H3,(H2,22,26)(H,24,25)/t13?,14-,15?,20?/m0/s1. The molecule has 1 heterocycles. The molecular formula is C20H27N3O5. The van der Waals surface area contributed by atoms with Gasteiger partial charge in [0.25, 0.3) is 0 Å². The van der Waals surface area contributed by atoms with E-state index in [-0.39, 0.29) is 6.42 Å². The van der Waals surface area contributed by atoms with E-state index < -0.39 is 47.1 Å². The molecule has 4 atom stereocenters. The van der Waals surface area contributed by atoms with Gasteiger partial charge in [-0.05, 0) is 51.2 Å². The molecule has 3 unspecified atom stereocenters. The summed E-state index contributed by atoms with van der Waals surface area (Å²) in [4.78, 5) is 38.8. The van der Waals surface area contributed by atoms with Crippen LogP contribution in [0.15, 0.2) is 24.3 Å². The molecule has 1 fully saturated rings. The number of likely N-dealkylation sites (tertiary alicyclic amines) is 1. The van der Waals surface area contributed by atoms with Crippen molar-refractivity contribution in [1.82, 2.24) is 4.90 Å². The summed E-state index contributed by atoms with van der Waals surface area (Å²) >= 11 is 0. The number of hydrogen-bond acceptors (Lipinski definition) is 5. The van der Waals surface area contributed by atoms with Crippen molar-refractivity contribution >= 4 is 18.0 Å². The summed E-state index contributed by atoms with van der Waals surface area (Å²) in [7, 11) is 0. The SMILES string of the molecule is CC(C)(C)OC(=O)N1C(C2(C(N)=O)CCc3ccccc32)C(N)C[C@H]1C(=O)O. The lowest BCUT2D eigenvalue weighted by Gasteiger charge is -2.41. The Kier molecular flexibility index (Phi) is 4.87. The smallest absolute Gasteiger partial charge is 0.411 e. The van der Waals surface area contributed by atoms with E-state index in [4.69, 9.17) is 16.2 Å². The molecule has 0 spiro atoms. The molecule has 1 saturated heterocycles. The molecule has 8 heteroatoms. The topological polar surface area (TPSA) is 136 Å². The Morgan fingerprint density at radius 3 is 2.46 bits per heavy atom. The first-order valence-electron chi connectivity index (χ1n) is 9.37. The first-order chi connectivity index (χ1) is 13.0. The van der Waals surface area contributed by atoms with Gasteiger partial charge in [-0.3, -0.25) is 9.69 Å². The maximum Gasteiger partial charge on any atom is 0.411 e. The van der Waals surface area contributed by atoms with E-state index in [0.717, 1.165) is 10.5 Å². The van der Waals surface area contributed by atoms with Crippen LogP contribution >= 0.6 is 0 Å². The van der Waals surface area contributed by atoms with E-state index in [1.165, 1.54) is 0 Å². The van der Waals surface area contributed by atoms with Crippen LogP contribution in [0.25, 0.3) is 0 Å². The van der Waals surface area contributed by atoms with Gasteiger partial charge in [0.05, 0.1) is 11.5 Å². The van der Waals surface area contributed by atoms with Gasteiger partial charge in [-0.2, -0.15) is 0 Å². The van der Waals surface area contributed by atoms with Crippen molar-refractivity contribution in [2.75, 3.05) is 0 Å². The molecule has 2 aliphatic rings. The minimum atomic E-state index is -1.25. The molecule has 0 saturated carbocycles. The molecule has 28 heavy (non-hydrogen) atoms. The molecule has 1 aliphatic carbocycles. The highest BCUT2D eigenvalue weighted by Crippen LogP contribution is 2.47. The Morgan fingerprint density at radius 1 is 1.25 bits per heavy atom. The predicted octanol–water partition coefficient (Wildman–Crippen LogP) is 1.15. The van der Waals surface area contributed by atoms with E-state index in [0.29, 0.717) is 18.4 Å². The number of ether oxygens (including phenoxy) is 1. The van der Waals surface area contributed by atoms with Crippen molar-refractivity contribution in [2.45, 2.75) is 69.2 Å². The number of primary amides is 1. The second-order valence-corrected chi connectivity index (χ2v) is 8.58. The van der Waals surface area contributed by atoms with E-state index in [2.05, 4.69) is 0 Å². The highest BCUT2D eigenvalue weighted by atomic mass is 16.6. The summed E-state index contributed by atoms with van der Waals surface area (Å²) in [5.74, 6) is -1.80. The van der Waals surface area contributed by atoms with Crippen LogP contribution in [0.4, 0.5) is 4.79 Å². The minimum Gasteiger partial charge on any atom is -0.480 e. The quantitative estimate of drug-likeness (QED) is 0.709. The van der Waals surface area contributed by atoms with Gasteiger partial charge in [-0.1, -0.05) is 24.3 Å². The Bertz CT molecular complexity index is 818. The van der Waals surface area contributed by atoms with E-state index in [1.54, 1.807) is 32.9 Å². The number of carboxylic acids is 1. The summed E-state index contributed by atoms with van der Waals surface area (Å²) in [6, 6.07) is 4.58. The minimum absolute atomic E-state index is 0.0242. The fraction of sp³-hybridized carbons (Fsp3) is 0.550. The predicted molar refractivity (Wildman–Crippen MR) is 102 cm³/mol. The third-order valence-electron chi connectivity index (χ3n) is 5.66. The summed E-state index contributed by atoms with van der Waals surface area (Å²) in [5.41, 5.74) is 11.8. The molecule has 1 aromatic rings. The van der Waals surface area contributed by atoms with Gasteiger partial charge in [-0.25, -0.2) is 9.59 Å². The zero-order valence-corrected chi connectivity index (χ0v) is 16.3. The summed E-state index contributed by atoms with van der Waals surface area (Å²) in [5, 5.41) is 9.71. The number of carboxylic acid groups (broad SMARTS) is 1. The molecular weight excluding hydrogens is 362 g/mol. The number of nitrogens with two attached hydrogens (primary N) is 2. The lowest BCUT2D eigenvalue weighted by molar-refractivity contribution is -0.143. The number of rotatable bonds is 3. The lowest BCUT2D eigenvalue weighted by atomic mass is 9.72. The van der Waals surface area contributed by atoms with Crippen LogP contribution in [-0.4, -0.2) is 51.7 Å². The largest absolute Gasteiger partial charge is 0.480 e. The van der Waals surface area contributed by atoms with Gasteiger partial charge < -0.3 is 21.3 Å². The van der Waals surface area contributed by atoms with Crippen molar-refractivity contribution in [3.8, 4) is 0 Å². The molecule has 1 aliphatic heterocycles. The van der Waals surface area contributed by atoms with Crippen LogP contribution in [-0.2, 0) is 26.2 Å². The zero-order valence-electron chi connectivity index (χ0n) is 16.3. The Morgan fingerprint density at radius 2 is 1.89 bits per heavy atom. The average molecular weight is 389 g/mol. The highest BCUT2D eigenvalue weighted by Gasteiger charge is 2.61. The maximum absolute atomic E-state index is 13.0. The second-order valence-electron chi connectivity index (χ2n) is 8.58. The first kappa shape index (κ1) is 20.1. The van der Waals surface area contributed by atoms with Gasteiger partial charge >= 0.3 is 12.1 Å². The number of carbonyl (C=O) groups excluding carboxylic acids is 2. The molecule has 152 valence electrons. The molecule has 5 N–H and O–H groups in total. The third kappa shape index (κ3) is 3.11. The van der Waals surface area contributed by atoms with Gasteiger partial charge in [-0.15, -0.1) is 0 Å². The normalized spacial score (nSPS) is 29.4. The number of carbonyl (C=O) groups is 3. The Hall–Kier alpha value is -2.61. The van der Waals surface area contributed by atoms with Crippen LogP contribution in [0, 0.1) is 0 Å². The first-order valence-corrected chi connectivity index (χ1v) is 9.37. The van der Waals surface area contributed by atoms with E-state index >= 15 is 0 Å². The molecule has 2 amide bonds. The molecule has 0 aromatic heterocycles. The van der Waals surface area contributed by atoms with Crippen LogP contribution in [0.1, 0.15) is 44.7 Å². The number of hydrogen-bond donors (Lipinski definition) is 3. The van der Waals surface area contributed by atoms with Crippen molar-refractivity contribution in [2.24, 2.45) is 11.5 Å². The monoisotopic (exact) mass is 389 g/mol. The van der Waals surface area contributed by atoms with Crippen molar-refractivity contribution < 1.29 is 24.2 Å².